The van der Waals surface area contributed by atoms with E-state index in [9.17, 15) is 14.0 Å². The standard InChI is InChI=1S/C24H25FN2O4/c1-3-27(16-23(28)26-17-7-6-8-19(15-17)30-2)24(29)14-12-18-11-13-22(31-18)20-9-4-5-10-21(20)25/h4-11,13,15H,3,12,14,16H2,1-2H3,(H,26,28). The number of likely N-dealkylation sites (N-methyl/N-ethyl adjacent to an activating group) is 1. The summed E-state index contributed by atoms with van der Waals surface area (Å²) in [6, 6.07) is 16.8. The first-order valence-electron chi connectivity index (χ1n) is 10.1. The molecule has 0 bridgehead atoms. The Morgan fingerprint density at radius 3 is 2.65 bits per heavy atom. The van der Waals surface area contributed by atoms with Gasteiger partial charge in [0, 0.05) is 31.1 Å². The molecule has 0 atom stereocenters. The monoisotopic (exact) mass is 424 g/mol. The first-order chi connectivity index (χ1) is 15.0. The third-order valence-electron chi connectivity index (χ3n) is 4.81. The fourth-order valence-corrected chi connectivity index (χ4v) is 3.16. The van der Waals surface area contributed by atoms with Crippen molar-refractivity contribution in [2.75, 3.05) is 25.5 Å². The van der Waals surface area contributed by atoms with Gasteiger partial charge in [-0.05, 0) is 43.3 Å². The van der Waals surface area contributed by atoms with Crippen LogP contribution in [-0.4, -0.2) is 36.9 Å². The molecule has 3 aromatic rings. The molecule has 3 rings (SSSR count). The fourth-order valence-electron chi connectivity index (χ4n) is 3.16. The van der Waals surface area contributed by atoms with E-state index in [1.54, 1.807) is 61.7 Å². The quantitative estimate of drug-likeness (QED) is 0.548. The summed E-state index contributed by atoms with van der Waals surface area (Å²) in [5.74, 6) is 0.831. The fraction of sp³-hybridized carbons (Fsp3) is 0.250. The van der Waals surface area contributed by atoms with Crippen molar-refractivity contribution in [1.29, 1.82) is 0 Å². The van der Waals surface area contributed by atoms with Crippen molar-refractivity contribution in [1.82, 2.24) is 4.90 Å². The number of halogens is 1. The van der Waals surface area contributed by atoms with Crippen molar-refractivity contribution < 1.29 is 23.1 Å². The number of hydrogen-bond acceptors (Lipinski definition) is 4. The number of nitrogens with zero attached hydrogens (tertiary/aromatic N) is 1. The van der Waals surface area contributed by atoms with Crippen LogP contribution >= 0.6 is 0 Å². The van der Waals surface area contributed by atoms with Gasteiger partial charge in [0.1, 0.15) is 23.1 Å². The van der Waals surface area contributed by atoms with E-state index in [1.165, 1.54) is 11.0 Å². The van der Waals surface area contributed by atoms with Crippen LogP contribution in [0.3, 0.4) is 0 Å². The van der Waals surface area contributed by atoms with E-state index >= 15 is 0 Å². The van der Waals surface area contributed by atoms with E-state index in [1.807, 2.05) is 6.92 Å². The Morgan fingerprint density at radius 1 is 1.10 bits per heavy atom. The average Bonchev–Trinajstić information content (AvgIpc) is 3.25. The molecule has 0 saturated heterocycles. The number of carbonyl (C=O) groups is 2. The van der Waals surface area contributed by atoms with Crippen LogP contribution in [0.2, 0.25) is 0 Å². The number of carbonyl (C=O) groups excluding carboxylic acids is 2. The lowest BCUT2D eigenvalue weighted by molar-refractivity contribution is -0.134. The van der Waals surface area contributed by atoms with Gasteiger partial charge in [-0.3, -0.25) is 9.59 Å². The number of methoxy groups -OCH3 is 1. The Kier molecular flexibility index (Phi) is 7.43. The molecule has 0 saturated carbocycles. The van der Waals surface area contributed by atoms with E-state index in [-0.39, 0.29) is 30.6 Å². The highest BCUT2D eigenvalue weighted by atomic mass is 19.1. The van der Waals surface area contributed by atoms with Crippen LogP contribution in [-0.2, 0) is 16.0 Å². The van der Waals surface area contributed by atoms with Gasteiger partial charge in [0.25, 0.3) is 0 Å². The summed E-state index contributed by atoms with van der Waals surface area (Å²) in [7, 11) is 1.55. The molecule has 0 unspecified atom stereocenters. The molecule has 2 amide bonds. The zero-order valence-corrected chi connectivity index (χ0v) is 17.6. The van der Waals surface area contributed by atoms with Gasteiger partial charge in [-0.1, -0.05) is 18.2 Å². The summed E-state index contributed by atoms with van der Waals surface area (Å²) < 4.78 is 24.7. The van der Waals surface area contributed by atoms with E-state index < -0.39 is 0 Å². The Morgan fingerprint density at radius 2 is 1.90 bits per heavy atom. The first kappa shape index (κ1) is 22.1. The summed E-state index contributed by atoms with van der Waals surface area (Å²) in [5, 5.41) is 2.77. The Hall–Kier alpha value is -3.61. The second-order valence-corrected chi connectivity index (χ2v) is 6.93. The molecule has 1 heterocycles. The number of ether oxygens (including phenoxy) is 1. The lowest BCUT2D eigenvalue weighted by Crippen LogP contribution is -2.38. The summed E-state index contributed by atoms with van der Waals surface area (Å²) >= 11 is 0. The second kappa shape index (κ2) is 10.4. The second-order valence-electron chi connectivity index (χ2n) is 6.93. The number of anilines is 1. The lowest BCUT2D eigenvalue weighted by Gasteiger charge is -2.20. The van der Waals surface area contributed by atoms with E-state index in [4.69, 9.17) is 9.15 Å². The zero-order chi connectivity index (χ0) is 22.2. The van der Waals surface area contributed by atoms with Crippen LogP contribution in [0, 0.1) is 5.82 Å². The van der Waals surface area contributed by atoms with Gasteiger partial charge in [0.2, 0.25) is 11.8 Å². The number of amides is 2. The molecule has 0 aliphatic carbocycles. The van der Waals surface area contributed by atoms with Gasteiger partial charge in [0.05, 0.1) is 19.2 Å². The van der Waals surface area contributed by atoms with Crippen molar-refractivity contribution in [3.63, 3.8) is 0 Å². The van der Waals surface area contributed by atoms with Crippen molar-refractivity contribution in [3.8, 4) is 17.1 Å². The summed E-state index contributed by atoms with van der Waals surface area (Å²) in [4.78, 5) is 26.4. The molecule has 162 valence electrons. The highest BCUT2D eigenvalue weighted by Gasteiger charge is 2.17. The van der Waals surface area contributed by atoms with E-state index in [2.05, 4.69) is 5.32 Å². The van der Waals surface area contributed by atoms with Crippen LogP contribution in [0.25, 0.3) is 11.3 Å². The molecule has 0 radical (unpaired) electrons. The third-order valence-corrected chi connectivity index (χ3v) is 4.81. The summed E-state index contributed by atoms with van der Waals surface area (Å²) in [6.07, 6.45) is 0.547. The Labute approximate surface area is 180 Å². The van der Waals surface area contributed by atoms with Gasteiger partial charge in [-0.15, -0.1) is 0 Å². The number of hydrogen-bond donors (Lipinski definition) is 1. The van der Waals surface area contributed by atoms with Crippen LogP contribution < -0.4 is 10.1 Å². The largest absolute Gasteiger partial charge is 0.497 e. The zero-order valence-electron chi connectivity index (χ0n) is 17.6. The van der Waals surface area contributed by atoms with Gasteiger partial charge in [0.15, 0.2) is 0 Å². The highest BCUT2D eigenvalue weighted by Crippen LogP contribution is 2.25. The molecule has 1 N–H and O–H groups in total. The molecule has 0 fully saturated rings. The van der Waals surface area contributed by atoms with Crippen LogP contribution in [0.4, 0.5) is 10.1 Å². The van der Waals surface area contributed by atoms with Gasteiger partial charge < -0.3 is 19.4 Å². The number of furan rings is 1. The van der Waals surface area contributed by atoms with Crippen molar-refractivity contribution in [3.05, 3.63) is 72.2 Å². The smallest absolute Gasteiger partial charge is 0.243 e. The van der Waals surface area contributed by atoms with Gasteiger partial charge >= 0.3 is 0 Å². The molecule has 7 heteroatoms. The topological polar surface area (TPSA) is 71.8 Å². The minimum atomic E-state index is -0.362. The summed E-state index contributed by atoms with van der Waals surface area (Å²) in [6.45, 7) is 2.17. The molecule has 1 aromatic heterocycles. The van der Waals surface area contributed by atoms with Crippen molar-refractivity contribution in [2.45, 2.75) is 19.8 Å². The van der Waals surface area contributed by atoms with Gasteiger partial charge in [-0.25, -0.2) is 4.39 Å². The maximum atomic E-state index is 13.9. The lowest BCUT2D eigenvalue weighted by atomic mass is 10.1. The average molecular weight is 424 g/mol. The van der Waals surface area contributed by atoms with E-state index in [0.717, 1.165) is 0 Å². The number of nitrogens with one attached hydrogen (secondary N) is 1. The molecular formula is C24H25FN2O4. The highest BCUT2D eigenvalue weighted by molar-refractivity contribution is 5.94. The first-order valence-corrected chi connectivity index (χ1v) is 10.1. The molecular weight excluding hydrogens is 399 g/mol. The maximum absolute atomic E-state index is 13.9. The minimum absolute atomic E-state index is 0.0504. The molecule has 31 heavy (non-hydrogen) atoms. The normalized spacial score (nSPS) is 10.5. The molecule has 2 aromatic carbocycles. The number of rotatable bonds is 9. The van der Waals surface area contributed by atoms with Crippen molar-refractivity contribution in [2.24, 2.45) is 0 Å². The molecule has 0 aliphatic rings. The van der Waals surface area contributed by atoms with Crippen LogP contribution in [0.15, 0.2) is 65.1 Å². The molecule has 0 spiro atoms. The summed E-state index contributed by atoms with van der Waals surface area (Å²) in [5.41, 5.74) is 0.980. The molecule has 6 nitrogen and oxygen atoms in total. The maximum Gasteiger partial charge on any atom is 0.243 e. The predicted octanol–water partition coefficient (Wildman–Crippen LogP) is 4.51. The van der Waals surface area contributed by atoms with Crippen molar-refractivity contribution >= 4 is 17.5 Å². The number of aryl methyl sites for hydroxylation is 1. The van der Waals surface area contributed by atoms with Crippen LogP contribution in [0.5, 0.6) is 5.75 Å². The number of benzene rings is 2. The van der Waals surface area contributed by atoms with E-state index in [0.29, 0.717) is 41.5 Å². The van der Waals surface area contributed by atoms with Crippen LogP contribution in [0.1, 0.15) is 19.1 Å². The Bertz CT molecular complexity index is 1050. The third kappa shape index (κ3) is 5.94. The minimum Gasteiger partial charge on any atom is -0.497 e. The molecule has 0 aliphatic heterocycles. The predicted molar refractivity (Wildman–Crippen MR) is 116 cm³/mol. The van der Waals surface area contributed by atoms with Gasteiger partial charge in [-0.2, -0.15) is 0 Å². The SMILES string of the molecule is CCN(CC(=O)Nc1cccc(OC)c1)C(=O)CCc1ccc(-c2ccccc2F)o1. The Balaban J connectivity index is 1.54.